The number of nitrogens with one attached hydrogen (secondary N) is 2. The van der Waals surface area contributed by atoms with E-state index in [1.54, 1.807) is 0 Å². The smallest absolute Gasteiger partial charge is 0.242 e. The van der Waals surface area contributed by atoms with Crippen molar-refractivity contribution in [1.29, 1.82) is 0 Å². The summed E-state index contributed by atoms with van der Waals surface area (Å²) in [6.45, 7) is 0.304. The number of hydrogen-bond donors (Lipinski definition) is 3. The summed E-state index contributed by atoms with van der Waals surface area (Å²) < 4.78 is 0. The minimum Gasteiger partial charge on any atom is -0.388 e. The van der Waals surface area contributed by atoms with Gasteiger partial charge in [0, 0.05) is 13.0 Å². The van der Waals surface area contributed by atoms with Gasteiger partial charge < -0.3 is 15.7 Å². The summed E-state index contributed by atoms with van der Waals surface area (Å²) in [4.78, 5) is 22.4. The zero-order valence-corrected chi connectivity index (χ0v) is 8.58. The second-order valence-corrected chi connectivity index (χ2v) is 4.45. The van der Waals surface area contributed by atoms with E-state index >= 15 is 0 Å². The fraction of sp³-hybridized carbons (Fsp3) is 0.800. The molecule has 2 aliphatic rings. The normalized spacial score (nSPS) is 28.1. The summed E-state index contributed by atoms with van der Waals surface area (Å²) in [5.41, 5.74) is -0.696. The molecule has 5 heteroatoms. The SMILES string of the molecule is O=C1CC[C@@H](C(=O)NCC2(O)CCC2)N1. The Morgan fingerprint density at radius 3 is 2.80 bits per heavy atom. The lowest BCUT2D eigenvalue weighted by molar-refractivity contribution is -0.127. The molecule has 0 unspecified atom stereocenters. The standard InChI is InChI=1S/C10H16N2O3/c13-8-3-2-7(12-8)9(14)11-6-10(15)4-1-5-10/h7,15H,1-6H2,(H,11,14)(H,12,13)/t7-/m0/s1. The van der Waals surface area contributed by atoms with E-state index < -0.39 is 11.6 Å². The molecule has 2 rings (SSSR count). The van der Waals surface area contributed by atoms with Crippen LogP contribution in [0.4, 0.5) is 0 Å². The zero-order chi connectivity index (χ0) is 10.9. The van der Waals surface area contributed by atoms with Crippen molar-refractivity contribution in [3.63, 3.8) is 0 Å². The van der Waals surface area contributed by atoms with Crippen LogP contribution in [0.25, 0.3) is 0 Å². The lowest BCUT2D eigenvalue weighted by Gasteiger charge is -2.36. The molecular formula is C10H16N2O3. The van der Waals surface area contributed by atoms with E-state index in [4.69, 9.17) is 0 Å². The molecule has 5 nitrogen and oxygen atoms in total. The molecule has 3 N–H and O–H groups in total. The Morgan fingerprint density at radius 2 is 2.33 bits per heavy atom. The van der Waals surface area contributed by atoms with Crippen molar-refractivity contribution in [2.45, 2.75) is 43.7 Å². The van der Waals surface area contributed by atoms with E-state index in [0.29, 0.717) is 19.4 Å². The van der Waals surface area contributed by atoms with Gasteiger partial charge in [0.05, 0.1) is 5.60 Å². The summed E-state index contributed by atoms with van der Waals surface area (Å²) in [6, 6.07) is -0.402. The zero-order valence-electron chi connectivity index (χ0n) is 8.58. The predicted molar refractivity (Wildman–Crippen MR) is 53.0 cm³/mol. The van der Waals surface area contributed by atoms with Crippen LogP contribution in [-0.4, -0.2) is 35.1 Å². The minimum absolute atomic E-state index is 0.0718. The van der Waals surface area contributed by atoms with Gasteiger partial charge in [-0.15, -0.1) is 0 Å². The van der Waals surface area contributed by atoms with Crippen LogP contribution >= 0.6 is 0 Å². The van der Waals surface area contributed by atoms with Crippen LogP contribution < -0.4 is 10.6 Å². The maximum absolute atomic E-state index is 11.5. The third-order valence-electron chi connectivity index (χ3n) is 3.19. The summed E-state index contributed by atoms with van der Waals surface area (Å²) in [5.74, 6) is -0.251. The molecule has 1 heterocycles. The molecule has 1 aliphatic heterocycles. The molecule has 0 radical (unpaired) electrons. The molecule has 1 saturated carbocycles. The van der Waals surface area contributed by atoms with E-state index in [1.165, 1.54) is 0 Å². The van der Waals surface area contributed by atoms with E-state index in [1.807, 2.05) is 0 Å². The summed E-state index contributed by atoms with van der Waals surface area (Å²) >= 11 is 0. The third-order valence-corrected chi connectivity index (χ3v) is 3.19. The van der Waals surface area contributed by atoms with Gasteiger partial charge in [-0.3, -0.25) is 9.59 Å². The molecule has 0 aromatic rings. The van der Waals surface area contributed by atoms with E-state index in [2.05, 4.69) is 10.6 Å². The van der Waals surface area contributed by atoms with Gasteiger partial charge in [-0.25, -0.2) is 0 Å². The first-order chi connectivity index (χ1) is 7.09. The van der Waals surface area contributed by atoms with E-state index in [0.717, 1.165) is 19.3 Å². The van der Waals surface area contributed by atoms with Gasteiger partial charge in [0.2, 0.25) is 11.8 Å². The van der Waals surface area contributed by atoms with Crippen LogP contribution in [0, 0.1) is 0 Å². The summed E-state index contributed by atoms with van der Waals surface area (Å²) in [7, 11) is 0. The molecule has 0 aromatic carbocycles. The molecule has 2 fully saturated rings. The first kappa shape index (κ1) is 10.4. The van der Waals surface area contributed by atoms with Crippen LogP contribution in [0.3, 0.4) is 0 Å². The lowest BCUT2D eigenvalue weighted by Crippen LogP contribution is -2.51. The third kappa shape index (κ3) is 2.28. The molecule has 84 valence electrons. The minimum atomic E-state index is -0.696. The number of rotatable bonds is 3. The molecular weight excluding hydrogens is 196 g/mol. The Labute approximate surface area is 88.2 Å². The number of amides is 2. The van der Waals surface area contributed by atoms with Crippen molar-refractivity contribution in [3.05, 3.63) is 0 Å². The maximum atomic E-state index is 11.5. The van der Waals surface area contributed by atoms with Crippen molar-refractivity contribution in [1.82, 2.24) is 10.6 Å². The quantitative estimate of drug-likeness (QED) is 0.578. The molecule has 1 aliphatic carbocycles. The van der Waals surface area contributed by atoms with Crippen molar-refractivity contribution in [2.75, 3.05) is 6.54 Å². The Balaban J connectivity index is 1.75. The lowest BCUT2D eigenvalue weighted by atomic mass is 9.80. The molecule has 0 spiro atoms. The van der Waals surface area contributed by atoms with Crippen molar-refractivity contribution in [2.24, 2.45) is 0 Å². The number of carbonyl (C=O) groups excluding carboxylic acids is 2. The van der Waals surface area contributed by atoms with Crippen LogP contribution in [-0.2, 0) is 9.59 Å². The van der Waals surface area contributed by atoms with Crippen molar-refractivity contribution in [3.8, 4) is 0 Å². The number of carbonyl (C=O) groups is 2. The Kier molecular flexibility index (Phi) is 2.65. The molecule has 0 bridgehead atoms. The summed E-state index contributed by atoms with van der Waals surface area (Å²) in [6.07, 6.45) is 3.51. The van der Waals surface area contributed by atoms with Crippen LogP contribution in [0.2, 0.25) is 0 Å². The van der Waals surface area contributed by atoms with Crippen molar-refractivity contribution >= 4 is 11.8 Å². The topological polar surface area (TPSA) is 78.4 Å². The van der Waals surface area contributed by atoms with E-state index in [9.17, 15) is 14.7 Å². The Morgan fingerprint density at radius 1 is 1.60 bits per heavy atom. The van der Waals surface area contributed by atoms with E-state index in [-0.39, 0.29) is 11.8 Å². The first-order valence-electron chi connectivity index (χ1n) is 5.39. The van der Waals surface area contributed by atoms with Gasteiger partial charge in [-0.1, -0.05) is 0 Å². The molecule has 15 heavy (non-hydrogen) atoms. The predicted octanol–water partition coefficient (Wildman–Crippen LogP) is -0.704. The second-order valence-electron chi connectivity index (χ2n) is 4.45. The summed E-state index contributed by atoms with van der Waals surface area (Å²) in [5, 5.41) is 15.0. The molecule has 1 saturated heterocycles. The maximum Gasteiger partial charge on any atom is 0.242 e. The van der Waals surface area contributed by atoms with Gasteiger partial charge in [0.25, 0.3) is 0 Å². The van der Waals surface area contributed by atoms with Gasteiger partial charge >= 0.3 is 0 Å². The van der Waals surface area contributed by atoms with Gasteiger partial charge in [-0.2, -0.15) is 0 Å². The highest BCUT2D eigenvalue weighted by Crippen LogP contribution is 2.30. The Hall–Kier alpha value is -1.10. The largest absolute Gasteiger partial charge is 0.388 e. The van der Waals surface area contributed by atoms with Crippen LogP contribution in [0.5, 0.6) is 0 Å². The second kappa shape index (κ2) is 3.81. The average molecular weight is 212 g/mol. The fourth-order valence-electron chi connectivity index (χ4n) is 1.95. The fourth-order valence-corrected chi connectivity index (χ4v) is 1.95. The molecule has 2 amide bonds. The molecule has 1 atom stereocenters. The average Bonchev–Trinajstić information content (AvgIpc) is 2.58. The Bertz CT molecular complexity index is 286. The monoisotopic (exact) mass is 212 g/mol. The van der Waals surface area contributed by atoms with Crippen molar-refractivity contribution < 1.29 is 14.7 Å². The highest BCUT2D eigenvalue weighted by molar-refractivity contribution is 5.90. The van der Waals surface area contributed by atoms with Gasteiger partial charge in [0.1, 0.15) is 6.04 Å². The van der Waals surface area contributed by atoms with Crippen LogP contribution in [0.15, 0.2) is 0 Å². The van der Waals surface area contributed by atoms with Gasteiger partial charge in [-0.05, 0) is 25.7 Å². The number of aliphatic hydroxyl groups is 1. The highest BCUT2D eigenvalue weighted by Gasteiger charge is 2.35. The first-order valence-corrected chi connectivity index (χ1v) is 5.39. The highest BCUT2D eigenvalue weighted by atomic mass is 16.3. The van der Waals surface area contributed by atoms with Gasteiger partial charge in [0.15, 0.2) is 0 Å². The number of hydrogen-bond acceptors (Lipinski definition) is 3. The van der Waals surface area contributed by atoms with Crippen LogP contribution in [0.1, 0.15) is 32.1 Å². The molecule has 0 aromatic heterocycles.